The summed E-state index contributed by atoms with van der Waals surface area (Å²) < 4.78 is 47.6. The minimum absolute atomic E-state index is 0.0875. The van der Waals surface area contributed by atoms with Crippen LogP contribution in [0.5, 0.6) is 5.75 Å². The summed E-state index contributed by atoms with van der Waals surface area (Å²) in [7, 11) is 0. The summed E-state index contributed by atoms with van der Waals surface area (Å²) in [5.74, 6) is 0.211. The Labute approximate surface area is 217 Å². The Hall–Kier alpha value is -3.63. The molecular formula is C27H30F3N5O3. The molecule has 0 radical (unpaired) electrons. The van der Waals surface area contributed by atoms with E-state index in [0.717, 1.165) is 12.8 Å². The summed E-state index contributed by atoms with van der Waals surface area (Å²) >= 11 is 0. The van der Waals surface area contributed by atoms with Gasteiger partial charge in [0.1, 0.15) is 29.5 Å². The van der Waals surface area contributed by atoms with Gasteiger partial charge in [-0.05, 0) is 50.3 Å². The van der Waals surface area contributed by atoms with Gasteiger partial charge in [-0.25, -0.2) is 23.1 Å². The van der Waals surface area contributed by atoms with Crippen LogP contribution >= 0.6 is 0 Å². The number of hydrogen-bond donors (Lipinski definition) is 3. The molecular weight excluding hydrogens is 499 g/mol. The number of alkyl halides is 3. The van der Waals surface area contributed by atoms with Crippen LogP contribution in [0.25, 0.3) is 22.3 Å². The predicted octanol–water partition coefficient (Wildman–Crippen LogP) is 4.78. The second-order valence-electron chi connectivity index (χ2n) is 10.1. The number of carbonyl (C=O) groups is 2. The van der Waals surface area contributed by atoms with E-state index in [1.165, 1.54) is 24.5 Å². The molecule has 0 aliphatic heterocycles. The minimum atomic E-state index is -2.67. The molecule has 0 spiro atoms. The van der Waals surface area contributed by atoms with Crippen molar-refractivity contribution < 1.29 is 27.5 Å². The van der Waals surface area contributed by atoms with Crippen LogP contribution in [0, 0.1) is 12.8 Å². The number of amides is 2. The molecule has 2 saturated carbocycles. The molecule has 3 aromatic rings. The van der Waals surface area contributed by atoms with Crippen LogP contribution in [-0.4, -0.2) is 51.6 Å². The van der Waals surface area contributed by atoms with E-state index in [0.29, 0.717) is 46.3 Å². The Balaban J connectivity index is 1.44. The highest BCUT2D eigenvalue weighted by Gasteiger charge is 2.36. The fraction of sp³-hybridized carbons (Fsp3) is 0.481. The molecule has 202 valence electrons. The lowest BCUT2D eigenvalue weighted by atomic mass is 10.0. The van der Waals surface area contributed by atoms with Crippen molar-refractivity contribution in [2.75, 3.05) is 6.61 Å². The molecule has 0 saturated heterocycles. The number of rotatable bonds is 9. The van der Waals surface area contributed by atoms with Gasteiger partial charge < -0.3 is 20.4 Å². The molecule has 8 nitrogen and oxygen atoms in total. The summed E-state index contributed by atoms with van der Waals surface area (Å²) in [6.45, 7) is 3.89. The molecule has 3 N–H and O–H groups in total. The Bertz CT molecular complexity index is 1360. The molecule has 2 heterocycles. The summed E-state index contributed by atoms with van der Waals surface area (Å²) in [6, 6.07) is 3.11. The summed E-state index contributed by atoms with van der Waals surface area (Å²) in [6.07, 6.45) is 0.123. The van der Waals surface area contributed by atoms with Crippen molar-refractivity contribution in [2.24, 2.45) is 5.92 Å². The summed E-state index contributed by atoms with van der Waals surface area (Å²) in [5, 5.41) is 5.53. The van der Waals surface area contributed by atoms with Crippen molar-refractivity contribution in [2.45, 2.75) is 70.6 Å². The molecule has 2 amide bonds. The van der Waals surface area contributed by atoms with Gasteiger partial charge in [-0.2, -0.15) is 0 Å². The number of carbonyl (C=O) groups excluding carboxylic acids is 2. The smallest absolute Gasteiger partial charge is 0.263 e. The zero-order chi connectivity index (χ0) is 27.0. The molecule has 2 aliphatic rings. The third-order valence-electron chi connectivity index (χ3n) is 7.17. The van der Waals surface area contributed by atoms with E-state index in [2.05, 4.69) is 25.6 Å². The van der Waals surface area contributed by atoms with E-state index in [1.54, 1.807) is 13.8 Å². The lowest BCUT2D eigenvalue weighted by Gasteiger charge is -2.15. The number of hydrogen-bond acceptors (Lipinski definition) is 5. The van der Waals surface area contributed by atoms with E-state index in [-0.39, 0.29) is 36.3 Å². The van der Waals surface area contributed by atoms with Gasteiger partial charge in [0.25, 0.3) is 12.3 Å². The van der Waals surface area contributed by atoms with Crippen LogP contribution < -0.4 is 15.4 Å². The number of fused-ring (bicyclic) bond motifs is 1. The van der Waals surface area contributed by atoms with Crippen molar-refractivity contribution in [1.82, 2.24) is 25.6 Å². The van der Waals surface area contributed by atoms with Gasteiger partial charge in [-0.3, -0.25) is 9.59 Å². The fourth-order valence-electron chi connectivity index (χ4n) is 4.91. The van der Waals surface area contributed by atoms with E-state index in [1.807, 2.05) is 0 Å². The first-order valence-corrected chi connectivity index (χ1v) is 12.9. The van der Waals surface area contributed by atoms with Gasteiger partial charge in [0.15, 0.2) is 0 Å². The fourth-order valence-corrected chi connectivity index (χ4v) is 4.91. The van der Waals surface area contributed by atoms with Gasteiger partial charge in [0.05, 0.1) is 23.7 Å². The average molecular weight is 530 g/mol. The number of halogens is 3. The van der Waals surface area contributed by atoms with Crippen LogP contribution in [0.2, 0.25) is 0 Å². The number of nitrogens with zero attached hydrogens (tertiary/aromatic N) is 2. The van der Waals surface area contributed by atoms with Crippen LogP contribution in [0.15, 0.2) is 24.5 Å². The van der Waals surface area contributed by atoms with Crippen LogP contribution in [0.1, 0.15) is 67.1 Å². The Kier molecular flexibility index (Phi) is 7.27. The molecule has 3 atom stereocenters. The number of aromatic amines is 1. The number of nitrogens with one attached hydrogen (secondary N) is 3. The largest absolute Gasteiger partial charge is 0.493 e. The Morgan fingerprint density at radius 1 is 1.18 bits per heavy atom. The van der Waals surface area contributed by atoms with Gasteiger partial charge >= 0.3 is 0 Å². The van der Waals surface area contributed by atoms with Crippen LogP contribution in [0.3, 0.4) is 0 Å². The number of aromatic nitrogens is 3. The molecule has 2 fully saturated rings. The lowest BCUT2D eigenvalue weighted by Crippen LogP contribution is -2.39. The monoisotopic (exact) mass is 529 g/mol. The van der Waals surface area contributed by atoms with Crippen LogP contribution in [-0.2, 0) is 4.79 Å². The lowest BCUT2D eigenvalue weighted by molar-refractivity contribution is -0.121. The number of H-pyrrole nitrogens is 1. The Morgan fingerprint density at radius 3 is 2.68 bits per heavy atom. The topological polar surface area (TPSA) is 109 Å². The van der Waals surface area contributed by atoms with E-state index >= 15 is 0 Å². The number of aryl methyl sites for hydroxylation is 1. The summed E-state index contributed by atoms with van der Waals surface area (Å²) in [5.41, 5.74) is 2.08. The third kappa shape index (κ3) is 5.32. The van der Waals surface area contributed by atoms with E-state index < -0.39 is 30.6 Å². The molecule has 38 heavy (non-hydrogen) atoms. The van der Waals surface area contributed by atoms with Crippen molar-refractivity contribution >= 4 is 22.8 Å². The predicted molar refractivity (Wildman–Crippen MR) is 135 cm³/mol. The Morgan fingerprint density at radius 2 is 1.97 bits per heavy atom. The van der Waals surface area contributed by atoms with Crippen molar-refractivity contribution in [3.8, 4) is 17.0 Å². The SMILES string of the molecule is CCC(=O)NC1CC(NC(=O)c2c(C)[nH]c3c(-c4cc(C(F)F)ccc4OCC4CC4)ncnc23)CC1F. The zero-order valence-corrected chi connectivity index (χ0v) is 21.2. The quantitative estimate of drug-likeness (QED) is 0.370. The molecule has 0 bridgehead atoms. The summed E-state index contributed by atoms with van der Waals surface area (Å²) in [4.78, 5) is 36.8. The molecule has 2 aliphatic carbocycles. The van der Waals surface area contributed by atoms with E-state index in [4.69, 9.17) is 4.74 Å². The molecule has 11 heteroatoms. The van der Waals surface area contributed by atoms with Crippen molar-refractivity contribution in [3.63, 3.8) is 0 Å². The zero-order valence-electron chi connectivity index (χ0n) is 21.2. The number of ether oxygens (including phenoxy) is 1. The first-order chi connectivity index (χ1) is 18.2. The first kappa shape index (κ1) is 26.0. The second kappa shape index (κ2) is 10.6. The highest BCUT2D eigenvalue weighted by Crippen LogP contribution is 2.38. The van der Waals surface area contributed by atoms with Gasteiger partial charge in [-0.1, -0.05) is 6.92 Å². The maximum absolute atomic E-state index is 14.5. The number of benzene rings is 1. The molecule has 1 aromatic carbocycles. The highest BCUT2D eigenvalue weighted by atomic mass is 19.3. The highest BCUT2D eigenvalue weighted by molar-refractivity contribution is 6.09. The molecule has 3 unspecified atom stereocenters. The van der Waals surface area contributed by atoms with Crippen LogP contribution in [0.4, 0.5) is 13.2 Å². The van der Waals surface area contributed by atoms with E-state index in [9.17, 15) is 22.8 Å². The maximum atomic E-state index is 14.5. The third-order valence-corrected chi connectivity index (χ3v) is 7.17. The maximum Gasteiger partial charge on any atom is 0.263 e. The minimum Gasteiger partial charge on any atom is -0.493 e. The second-order valence-corrected chi connectivity index (χ2v) is 10.1. The molecule has 5 rings (SSSR count). The normalized spacial score (nSPS) is 21.2. The van der Waals surface area contributed by atoms with Crippen molar-refractivity contribution in [3.05, 3.63) is 41.3 Å². The average Bonchev–Trinajstić information content (AvgIpc) is 3.57. The first-order valence-electron chi connectivity index (χ1n) is 12.9. The molecule has 2 aromatic heterocycles. The van der Waals surface area contributed by atoms with Gasteiger partial charge in [0.2, 0.25) is 5.91 Å². The standard InChI is InChI=1S/C27H30F3N5O3/c1-3-21(36)35-19-10-16(9-18(19)28)34-27(37)22-13(2)33-25-23(31-12-32-24(22)25)17-8-15(26(29)30)6-7-20(17)38-11-14-4-5-14/h6-8,12,14,16,18-19,26,33H,3-5,9-11H2,1-2H3,(H,34,37)(H,35,36). The van der Waals surface area contributed by atoms with Gasteiger partial charge in [0, 0.05) is 35.7 Å². The van der Waals surface area contributed by atoms with Gasteiger partial charge in [-0.15, -0.1) is 0 Å². The van der Waals surface area contributed by atoms with Crippen molar-refractivity contribution in [1.29, 1.82) is 0 Å².